The number of anilines is 1. The van der Waals surface area contributed by atoms with Gasteiger partial charge in [0.15, 0.2) is 5.82 Å². The highest BCUT2D eigenvalue weighted by Crippen LogP contribution is 2.27. The number of ether oxygens (including phenoxy) is 1. The van der Waals surface area contributed by atoms with E-state index in [1.807, 2.05) is 6.92 Å². The van der Waals surface area contributed by atoms with Crippen LogP contribution in [0.5, 0.6) is 0 Å². The van der Waals surface area contributed by atoms with Crippen LogP contribution >= 0.6 is 0 Å². The summed E-state index contributed by atoms with van der Waals surface area (Å²) >= 11 is 0. The summed E-state index contributed by atoms with van der Waals surface area (Å²) in [5.41, 5.74) is 2.31. The van der Waals surface area contributed by atoms with Gasteiger partial charge in [0, 0.05) is 19.9 Å². The van der Waals surface area contributed by atoms with Crippen molar-refractivity contribution in [2.24, 2.45) is 5.84 Å². The molecule has 2 atom stereocenters. The third-order valence-electron chi connectivity index (χ3n) is 3.37. The second kappa shape index (κ2) is 5.41. The largest absolute Gasteiger partial charge is 0.377 e. The first-order chi connectivity index (χ1) is 8.98. The van der Waals surface area contributed by atoms with Crippen LogP contribution in [0.4, 0.5) is 5.82 Å². The Morgan fingerprint density at radius 2 is 2.32 bits per heavy atom. The number of nitrogen functional groups attached to an aromatic ring is 1. The van der Waals surface area contributed by atoms with Crippen molar-refractivity contribution >= 4 is 15.8 Å². The lowest BCUT2D eigenvalue weighted by molar-refractivity contribution is 0.102. The van der Waals surface area contributed by atoms with Crippen LogP contribution in [0.15, 0.2) is 23.2 Å². The van der Waals surface area contributed by atoms with E-state index in [0.29, 0.717) is 13.0 Å². The molecule has 0 saturated carbocycles. The van der Waals surface area contributed by atoms with E-state index in [1.54, 1.807) is 13.1 Å². The highest BCUT2D eigenvalue weighted by atomic mass is 32.2. The third-order valence-corrected chi connectivity index (χ3v) is 5.28. The molecule has 1 fully saturated rings. The number of hydrogen-bond donors (Lipinski definition) is 2. The number of sulfonamides is 1. The number of nitrogens with two attached hydrogens (primary N) is 1. The second-order valence-electron chi connectivity index (χ2n) is 4.45. The van der Waals surface area contributed by atoms with E-state index in [2.05, 4.69) is 10.4 Å². The smallest absolute Gasteiger partial charge is 0.246 e. The van der Waals surface area contributed by atoms with Gasteiger partial charge in [-0.15, -0.1) is 0 Å². The van der Waals surface area contributed by atoms with Gasteiger partial charge in [0.1, 0.15) is 4.90 Å². The van der Waals surface area contributed by atoms with Crippen LogP contribution in [0.1, 0.15) is 13.3 Å². The predicted molar refractivity (Wildman–Crippen MR) is 70.8 cm³/mol. The minimum Gasteiger partial charge on any atom is -0.377 e. The van der Waals surface area contributed by atoms with E-state index in [0.717, 1.165) is 0 Å². The van der Waals surface area contributed by atoms with E-state index < -0.39 is 10.0 Å². The summed E-state index contributed by atoms with van der Waals surface area (Å²) in [5, 5.41) is 0. The average molecular weight is 286 g/mol. The molecule has 0 radical (unpaired) electrons. The van der Waals surface area contributed by atoms with Crippen molar-refractivity contribution in [2.75, 3.05) is 19.1 Å². The Labute approximate surface area is 112 Å². The zero-order valence-electron chi connectivity index (χ0n) is 10.9. The number of hydrogen-bond acceptors (Lipinski definition) is 6. The molecule has 0 aromatic carbocycles. The Kier molecular flexibility index (Phi) is 4.04. The summed E-state index contributed by atoms with van der Waals surface area (Å²) in [7, 11) is -2.10. The standard InChI is InChI=1S/C11H18N4O3S/c1-8-9(5-7-18-8)15(2)19(16,17)10-4-3-6-13-11(10)14-12/h3-4,6,8-9H,5,7,12H2,1-2H3,(H,13,14). The number of rotatable bonds is 4. The van der Waals surface area contributed by atoms with Gasteiger partial charge >= 0.3 is 0 Å². The van der Waals surface area contributed by atoms with E-state index in [4.69, 9.17) is 10.6 Å². The number of aromatic nitrogens is 1. The molecule has 0 spiro atoms. The lowest BCUT2D eigenvalue weighted by Crippen LogP contribution is -2.41. The first-order valence-electron chi connectivity index (χ1n) is 5.99. The lowest BCUT2D eigenvalue weighted by atomic mass is 10.2. The monoisotopic (exact) mass is 286 g/mol. The maximum absolute atomic E-state index is 12.6. The van der Waals surface area contributed by atoms with Crippen LogP contribution in [0.3, 0.4) is 0 Å². The highest BCUT2D eigenvalue weighted by Gasteiger charge is 2.36. The molecule has 1 aromatic heterocycles. The molecule has 3 N–H and O–H groups in total. The van der Waals surface area contributed by atoms with Gasteiger partial charge in [-0.05, 0) is 25.5 Å². The van der Waals surface area contributed by atoms with Crippen LogP contribution in [0.25, 0.3) is 0 Å². The normalized spacial score (nSPS) is 23.8. The molecule has 0 amide bonds. The molecule has 1 aliphatic heterocycles. The molecule has 0 aliphatic carbocycles. The van der Waals surface area contributed by atoms with Crippen molar-refractivity contribution in [3.63, 3.8) is 0 Å². The van der Waals surface area contributed by atoms with E-state index in [-0.39, 0.29) is 22.9 Å². The Balaban J connectivity index is 2.36. The molecular weight excluding hydrogens is 268 g/mol. The molecule has 106 valence electrons. The van der Waals surface area contributed by atoms with Crippen LogP contribution < -0.4 is 11.3 Å². The van der Waals surface area contributed by atoms with Crippen molar-refractivity contribution in [1.82, 2.24) is 9.29 Å². The molecule has 2 rings (SSSR count). The molecule has 8 heteroatoms. The summed E-state index contributed by atoms with van der Waals surface area (Å²) in [6, 6.07) is 2.88. The first-order valence-corrected chi connectivity index (χ1v) is 7.43. The van der Waals surface area contributed by atoms with Gasteiger partial charge in [0.25, 0.3) is 0 Å². The van der Waals surface area contributed by atoms with Gasteiger partial charge in [-0.3, -0.25) is 0 Å². The van der Waals surface area contributed by atoms with E-state index in [9.17, 15) is 8.42 Å². The third kappa shape index (κ3) is 2.57. The molecule has 19 heavy (non-hydrogen) atoms. The van der Waals surface area contributed by atoms with Gasteiger partial charge in [-0.1, -0.05) is 0 Å². The fraction of sp³-hybridized carbons (Fsp3) is 0.545. The van der Waals surface area contributed by atoms with E-state index in [1.165, 1.54) is 16.6 Å². The Bertz CT molecular complexity index is 549. The molecule has 1 aromatic rings. The Morgan fingerprint density at radius 3 is 2.89 bits per heavy atom. The van der Waals surface area contributed by atoms with Crippen molar-refractivity contribution < 1.29 is 13.2 Å². The number of nitrogens with zero attached hydrogens (tertiary/aromatic N) is 2. The predicted octanol–water partition coefficient (Wildman–Crippen LogP) is 0.165. The van der Waals surface area contributed by atoms with Crippen LogP contribution in [0.2, 0.25) is 0 Å². The second-order valence-corrected chi connectivity index (χ2v) is 6.41. The van der Waals surface area contributed by atoms with Crippen LogP contribution in [0, 0.1) is 0 Å². The SMILES string of the molecule is CC1OCCC1N(C)S(=O)(=O)c1cccnc1NN. The molecule has 7 nitrogen and oxygen atoms in total. The number of pyridine rings is 1. The topological polar surface area (TPSA) is 97.5 Å². The highest BCUT2D eigenvalue weighted by molar-refractivity contribution is 7.89. The minimum absolute atomic E-state index is 0.0686. The number of likely N-dealkylation sites (N-methyl/N-ethyl adjacent to an activating group) is 1. The molecule has 2 unspecified atom stereocenters. The summed E-state index contributed by atoms with van der Waals surface area (Å²) in [5.74, 6) is 5.45. The number of hydrazine groups is 1. The van der Waals surface area contributed by atoms with Gasteiger partial charge in [0.05, 0.1) is 12.1 Å². The van der Waals surface area contributed by atoms with Crippen molar-refractivity contribution in [1.29, 1.82) is 0 Å². The lowest BCUT2D eigenvalue weighted by Gasteiger charge is -2.26. The van der Waals surface area contributed by atoms with Crippen LogP contribution in [-0.2, 0) is 14.8 Å². The molecular formula is C11H18N4O3S. The van der Waals surface area contributed by atoms with Crippen molar-refractivity contribution in [2.45, 2.75) is 30.4 Å². The average Bonchev–Trinajstić information content (AvgIpc) is 2.83. The fourth-order valence-electron chi connectivity index (χ4n) is 2.24. The summed E-state index contributed by atoms with van der Waals surface area (Å²) in [6.45, 7) is 2.44. The zero-order chi connectivity index (χ0) is 14.0. The molecule has 0 bridgehead atoms. The van der Waals surface area contributed by atoms with Gasteiger partial charge in [-0.2, -0.15) is 4.31 Å². The molecule has 2 heterocycles. The summed E-state index contributed by atoms with van der Waals surface area (Å²) in [4.78, 5) is 3.99. The maximum Gasteiger partial charge on any atom is 0.246 e. The van der Waals surface area contributed by atoms with Gasteiger partial charge < -0.3 is 10.2 Å². The van der Waals surface area contributed by atoms with Crippen molar-refractivity contribution in [3.05, 3.63) is 18.3 Å². The zero-order valence-corrected chi connectivity index (χ0v) is 11.7. The fourth-order valence-corrected chi connectivity index (χ4v) is 3.79. The molecule has 1 aliphatic rings. The van der Waals surface area contributed by atoms with Crippen molar-refractivity contribution in [3.8, 4) is 0 Å². The maximum atomic E-state index is 12.6. The first kappa shape index (κ1) is 14.2. The van der Waals surface area contributed by atoms with Gasteiger partial charge in [-0.25, -0.2) is 19.2 Å². The minimum atomic E-state index is -3.65. The summed E-state index contributed by atoms with van der Waals surface area (Å²) < 4.78 is 31.9. The summed E-state index contributed by atoms with van der Waals surface area (Å²) in [6.07, 6.45) is 2.05. The van der Waals surface area contributed by atoms with Gasteiger partial charge in [0.2, 0.25) is 10.0 Å². The number of nitrogens with one attached hydrogen (secondary N) is 1. The van der Waals surface area contributed by atoms with E-state index >= 15 is 0 Å². The Hall–Kier alpha value is -1.22. The Morgan fingerprint density at radius 1 is 1.58 bits per heavy atom. The quantitative estimate of drug-likeness (QED) is 0.604. The molecule has 1 saturated heterocycles. The van der Waals surface area contributed by atoms with Crippen LogP contribution in [-0.4, -0.2) is 43.5 Å².